The Morgan fingerprint density at radius 2 is 1.93 bits per heavy atom. The fourth-order valence-electron chi connectivity index (χ4n) is 3.88. The van der Waals surface area contributed by atoms with Crippen LogP contribution in [0.15, 0.2) is 30.3 Å². The van der Waals surface area contributed by atoms with E-state index in [1.165, 1.54) is 4.90 Å². The Morgan fingerprint density at radius 1 is 1.18 bits per heavy atom. The van der Waals surface area contributed by atoms with Gasteiger partial charge in [-0.05, 0) is 12.5 Å². The lowest BCUT2D eigenvalue weighted by atomic mass is 10.0. The van der Waals surface area contributed by atoms with Crippen LogP contribution in [0, 0.1) is 12.8 Å². The zero-order valence-electron chi connectivity index (χ0n) is 15.5. The quantitative estimate of drug-likeness (QED) is 0.820. The van der Waals surface area contributed by atoms with Crippen molar-refractivity contribution in [3.8, 4) is 0 Å². The van der Waals surface area contributed by atoms with E-state index >= 15 is 0 Å². The SMILES string of the molecule is Cc1nnc2n1CC(C(=O)O)N(C(=O)C1CC(=O)N(Cc3ccccc3)C1)C2. The molecule has 0 spiro atoms. The number of carbonyl (C=O) groups excluding carboxylic acids is 2. The largest absolute Gasteiger partial charge is 0.480 e. The van der Waals surface area contributed by atoms with E-state index in [9.17, 15) is 19.5 Å². The lowest BCUT2D eigenvalue weighted by Crippen LogP contribution is -2.52. The molecule has 0 bridgehead atoms. The molecule has 0 radical (unpaired) electrons. The van der Waals surface area contributed by atoms with Gasteiger partial charge in [-0.25, -0.2) is 4.79 Å². The third kappa shape index (κ3) is 3.23. The highest BCUT2D eigenvalue weighted by Crippen LogP contribution is 2.26. The van der Waals surface area contributed by atoms with Crippen LogP contribution in [-0.4, -0.2) is 60.0 Å². The van der Waals surface area contributed by atoms with Crippen LogP contribution in [0.5, 0.6) is 0 Å². The van der Waals surface area contributed by atoms with E-state index in [1.807, 2.05) is 30.3 Å². The minimum atomic E-state index is -1.07. The van der Waals surface area contributed by atoms with Crippen molar-refractivity contribution in [2.75, 3.05) is 6.54 Å². The van der Waals surface area contributed by atoms with Crippen LogP contribution in [0.1, 0.15) is 23.6 Å². The van der Waals surface area contributed by atoms with Gasteiger partial charge in [0.2, 0.25) is 11.8 Å². The normalized spacial score (nSPS) is 21.7. The minimum Gasteiger partial charge on any atom is -0.480 e. The maximum Gasteiger partial charge on any atom is 0.328 e. The Labute approximate surface area is 161 Å². The molecule has 1 aromatic heterocycles. The smallest absolute Gasteiger partial charge is 0.328 e. The van der Waals surface area contributed by atoms with Crippen molar-refractivity contribution in [3.63, 3.8) is 0 Å². The molecule has 9 heteroatoms. The molecule has 3 heterocycles. The molecular weight excluding hydrogens is 362 g/mol. The fourth-order valence-corrected chi connectivity index (χ4v) is 3.88. The van der Waals surface area contributed by atoms with E-state index in [1.54, 1.807) is 16.4 Å². The number of hydrogen-bond donors (Lipinski definition) is 1. The number of likely N-dealkylation sites (tertiary alicyclic amines) is 1. The summed E-state index contributed by atoms with van der Waals surface area (Å²) in [6.45, 7) is 2.69. The first kappa shape index (κ1) is 18.1. The number of carboxylic acid groups (broad SMARTS) is 1. The van der Waals surface area contributed by atoms with Crippen LogP contribution >= 0.6 is 0 Å². The van der Waals surface area contributed by atoms with Crippen LogP contribution in [0.4, 0.5) is 0 Å². The molecular formula is C19H21N5O4. The maximum absolute atomic E-state index is 13.1. The number of nitrogens with zero attached hydrogens (tertiary/aromatic N) is 5. The van der Waals surface area contributed by atoms with Crippen LogP contribution in [-0.2, 0) is 34.0 Å². The third-order valence-corrected chi connectivity index (χ3v) is 5.40. The first-order chi connectivity index (χ1) is 13.4. The number of hydrogen-bond acceptors (Lipinski definition) is 5. The second kappa shape index (κ2) is 7.06. The summed E-state index contributed by atoms with van der Waals surface area (Å²) in [5.41, 5.74) is 0.994. The zero-order valence-corrected chi connectivity index (χ0v) is 15.5. The van der Waals surface area contributed by atoms with E-state index in [4.69, 9.17) is 0 Å². The highest BCUT2D eigenvalue weighted by Gasteiger charge is 2.42. The monoisotopic (exact) mass is 383 g/mol. The molecule has 1 N–H and O–H groups in total. The molecule has 146 valence electrons. The number of rotatable bonds is 4. The van der Waals surface area contributed by atoms with Crippen molar-refractivity contribution in [2.24, 2.45) is 5.92 Å². The summed E-state index contributed by atoms with van der Waals surface area (Å²) in [5.74, 6) is -0.841. The molecule has 28 heavy (non-hydrogen) atoms. The molecule has 1 saturated heterocycles. The number of aryl methyl sites for hydroxylation is 1. The van der Waals surface area contributed by atoms with Gasteiger partial charge in [-0.1, -0.05) is 30.3 Å². The maximum atomic E-state index is 13.1. The first-order valence-electron chi connectivity index (χ1n) is 9.17. The van der Waals surface area contributed by atoms with Gasteiger partial charge in [-0.3, -0.25) is 9.59 Å². The van der Waals surface area contributed by atoms with Crippen LogP contribution in [0.25, 0.3) is 0 Å². The van der Waals surface area contributed by atoms with Crippen molar-refractivity contribution in [2.45, 2.75) is 39.0 Å². The average Bonchev–Trinajstić information content (AvgIpc) is 3.23. The van der Waals surface area contributed by atoms with Crippen LogP contribution < -0.4 is 0 Å². The van der Waals surface area contributed by atoms with Gasteiger partial charge in [0.15, 0.2) is 5.82 Å². The predicted molar refractivity (Wildman–Crippen MR) is 96.7 cm³/mol. The molecule has 2 atom stereocenters. The highest BCUT2D eigenvalue weighted by molar-refractivity contribution is 5.91. The van der Waals surface area contributed by atoms with Crippen molar-refractivity contribution >= 4 is 17.8 Å². The predicted octanol–water partition coefficient (Wildman–Crippen LogP) is 0.431. The summed E-state index contributed by atoms with van der Waals surface area (Å²) in [4.78, 5) is 40.3. The Kier molecular flexibility index (Phi) is 4.58. The molecule has 2 unspecified atom stereocenters. The second-order valence-corrected chi connectivity index (χ2v) is 7.26. The molecule has 4 rings (SSSR count). The fraction of sp³-hybridized carbons (Fsp3) is 0.421. The number of benzene rings is 1. The summed E-state index contributed by atoms with van der Waals surface area (Å²) in [6.07, 6.45) is 0.0974. The molecule has 2 amide bonds. The van der Waals surface area contributed by atoms with Gasteiger partial charge in [0.05, 0.1) is 19.0 Å². The molecule has 0 saturated carbocycles. The van der Waals surface area contributed by atoms with E-state index in [0.717, 1.165) is 5.56 Å². The van der Waals surface area contributed by atoms with Gasteiger partial charge in [0.1, 0.15) is 11.9 Å². The first-order valence-corrected chi connectivity index (χ1v) is 9.17. The average molecular weight is 383 g/mol. The molecule has 1 fully saturated rings. The van der Waals surface area contributed by atoms with Gasteiger partial charge in [-0.15, -0.1) is 10.2 Å². The molecule has 1 aromatic carbocycles. The Balaban J connectivity index is 1.50. The van der Waals surface area contributed by atoms with Gasteiger partial charge in [0.25, 0.3) is 0 Å². The number of aromatic nitrogens is 3. The van der Waals surface area contributed by atoms with E-state index in [2.05, 4.69) is 10.2 Å². The van der Waals surface area contributed by atoms with Gasteiger partial charge in [0, 0.05) is 19.5 Å². The van der Waals surface area contributed by atoms with Gasteiger partial charge in [-0.2, -0.15) is 0 Å². The van der Waals surface area contributed by atoms with E-state index in [0.29, 0.717) is 24.7 Å². The summed E-state index contributed by atoms with van der Waals surface area (Å²) in [5, 5.41) is 17.6. The Bertz CT molecular complexity index is 926. The van der Waals surface area contributed by atoms with Gasteiger partial charge < -0.3 is 19.5 Å². The minimum absolute atomic E-state index is 0.0833. The Morgan fingerprint density at radius 3 is 2.64 bits per heavy atom. The van der Waals surface area contributed by atoms with Crippen LogP contribution in [0.3, 0.4) is 0 Å². The number of carbonyl (C=O) groups is 3. The molecule has 2 aliphatic rings. The van der Waals surface area contributed by atoms with E-state index in [-0.39, 0.29) is 31.3 Å². The third-order valence-electron chi connectivity index (χ3n) is 5.40. The zero-order chi connectivity index (χ0) is 19.8. The lowest BCUT2D eigenvalue weighted by molar-refractivity contribution is -0.154. The molecule has 2 aromatic rings. The van der Waals surface area contributed by atoms with E-state index < -0.39 is 17.9 Å². The topological polar surface area (TPSA) is 109 Å². The van der Waals surface area contributed by atoms with Crippen molar-refractivity contribution in [1.29, 1.82) is 0 Å². The molecule has 0 aliphatic carbocycles. The van der Waals surface area contributed by atoms with Crippen LogP contribution in [0.2, 0.25) is 0 Å². The highest BCUT2D eigenvalue weighted by atomic mass is 16.4. The summed E-state index contributed by atoms with van der Waals surface area (Å²) in [7, 11) is 0. The molecule has 2 aliphatic heterocycles. The summed E-state index contributed by atoms with van der Waals surface area (Å²) in [6, 6.07) is 8.59. The summed E-state index contributed by atoms with van der Waals surface area (Å²) < 4.78 is 1.73. The number of carboxylic acids is 1. The standard InChI is InChI=1S/C19H21N5O4/c1-12-20-21-16-11-24(15(19(27)28)10-23(12)16)18(26)14-7-17(25)22(9-14)8-13-5-3-2-4-6-13/h2-6,14-15H,7-11H2,1H3,(H,27,28). The number of aliphatic carboxylic acids is 1. The number of amides is 2. The van der Waals surface area contributed by atoms with Crippen molar-refractivity contribution in [3.05, 3.63) is 47.5 Å². The lowest BCUT2D eigenvalue weighted by Gasteiger charge is -2.35. The second-order valence-electron chi connectivity index (χ2n) is 7.26. The number of fused-ring (bicyclic) bond motifs is 1. The Hall–Kier alpha value is -3.23. The van der Waals surface area contributed by atoms with Crippen molar-refractivity contribution < 1.29 is 19.5 Å². The van der Waals surface area contributed by atoms with Gasteiger partial charge >= 0.3 is 5.97 Å². The summed E-state index contributed by atoms with van der Waals surface area (Å²) >= 11 is 0. The molecule has 9 nitrogen and oxygen atoms in total. The van der Waals surface area contributed by atoms with Crippen molar-refractivity contribution in [1.82, 2.24) is 24.6 Å².